The summed E-state index contributed by atoms with van der Waals surface area (Å²) in [5.74, 6) is -1.23. The number of carboxylic acids is 1. The number of aliphatic carboxylic acids is 1. The van der Waals surface area contributed by atoms with Crippen molar-refractivity contribution >= 4 is 34.4 Å². The summed E-state index contributed by atoms with van der Waals surface area (Å²) in [4.78, 5) is 42.5. The second-order valence-electron chi connectivity index (χ2n) is 8.88. The lowest BCUT2D eigenvalue weighted by Gasteiger charge is -2.17. The molecule has 1 saturated heterocycles. The topological polar surface area (TPSA) is 109 Å². The molecule has 0 bridgehead atoms. The minimum absolute atomic E-state index is 0.0391. The van der Waals surface area contributed by atoms with E-state index in [1.165, 1.54) is 6.20 Å². The summed E-state index contributed by atoms with van der Waals surface area (Å²) in [6.07, 6.45) is 0.812. The fourth-order valence-electron chi connectivity index (χ4n) is 5.37. The number of thiazole rings is 1. The van der Waals surface area contributed by atoms with Crippen LogP contribution in [0.1, 0.15) is 26.7 Å². The number of amides is 2. The van der Waals surface area contributed by atoms with E-state index >= 15 is 0 Å². The van der Waals surface area contributed by atoms with Gasteiger partial charge in [-0.1, -0.05) is 59.9 Å². The van der Waals surface area contributed by atoms with Crippen LogP contribution in [0, 0.1) is 17.8 Å². The predicted molar refractivity (Wildman–Crippen MR) is 125 cm³/mol. The first kappa shape index (κ1) is 20.9. The van der Waals surface area contributed by atoms with Crippen molar-refractivity contribution < 1.29 is 24.2 Å². The summed E-state index contributed by atoms with van der Waals surface area (Å²) in [5, 5.41) is 12.0. The maximum absolute atomic E-state index is 12.7. The monoisotopic (exact) mass is 475 g/mol. The number of hydrogen-bond donors (Lipinski definition) is 2. The van der Waals surface area contributed by atoms with E-state index in [9.17, 15) is 14.4 Å². The van der Waals surface area contributed by atoms with Crippen molar-refractivity contribution in [2.75, 3.05) is 25.0 Å². The zero-order chi connectivity index (χ0) is 23.4. The van der Waals surface area contributed by atoms with Crippen molar-refractivity contribution in [1.82, 2.24) is 9.88 Å². The summed E-state index contributed by atoms with van der Waals surface area (Å²) >= 11 is 1.08. The highest BCUT2D eigenvalue weighted by atomic mass is 32.1. The van der Waals surface area contributed by atoms with Crippen molar-refractivity contribution in [2.45, 2.75) is 5.92 Å². The SMILES string of the molecule is O=C(Nc1ncc(C(=O)N2CC3C(C2)C3C(=O)O)s1)OCC1c2ccccc2-c2ccccc21. The maximum atomic E-state index is 12.7. The Morgan fingerprint density at radius 3 is 2.26 bits per heavy atom. The highest BCUT2D eigenvalue weighted by molar-refractivity contribution is 7.17. The fourth-order valence-corrected chi connectivity index (χ4v) is 6.14. The van der Waals surface area contributed by atoms with Crippen molar-refractivity contribution in [2.24, 2.45) is 17.8 Å². The van der Waals surface area contributed by atoms with Crippen molar-refractivity contribution in [3.8, 4) is 11.1 Å². The van der Waals surface area contributed by atoms with Gasteiger partial charge in [-0.2, -0.15) is 0 Å². The maximum Gasteiger partial charge on any atom is 0.413 e. The van der Waals surface area contributed by atoms with E-state index in [4.69, 9.17) is 9.84 Å². The van der Waals surface area contributed by atoms with Gasteiger partial charge in [0.25, 0.3) is 5.91 Å². The van der Waals surface area contributed by atoms with E-state index in [1.807, 2.05) is 24.3 Å². The van der Waals surface area contributed by atoms with Crippen LogP contribution < -0.4 is 5.32 Å². The van der Waals surface area contributed by atoms with Crippen molar-refractivity contribution in [3.63, 3.8) is 0 Å². The zero-order valence-electron chi connectivity index (χ0n) is 18.0. The largest absolute Gasteiger partial charge is 0.481 e. The van der Waals surface area contributed by atoms with E-state index in [1.54, 1.807) is 4.90 Å². The third-order valence-corrected chi connectivity index (χ3v) is 7.94. The molecule has 6 rings (SSSR count). The molecule has 2 N–H and O–H groups in total. The molecule has 1 saturated carbocycles. The molecule has 0 radical (unpaired) electrons. The van der Waals surface area contributed by atoms with Gasteiger partial charge in [0.2, 0.25) is 0 Å². The molecule has 0 spiro atoms. The number of carboxylic acid groups (broad SMARTS) is 1. The Bertz CT molecular complexity index is 1260. The molecule has 2 aliphatic carbocycles. The quantitative estimate of drug-likeness (QED) is 0.579. The first-order valence-corrected chi connectivity index (χ1v) is 11.9. The van der Waals surface area contributed by atoms with Gasteiger partial charge in [-0.25, -0.2) is 9.78 Å². The van der Waals surface area contributed by atoms with Gasteiger partial charge in [0.1, 0.15) is 11.5 Å². The average molecular weight is 476 g/mol. The Morgan fingerprint density at radius 1 is 1.03 bits per heavy atom. The van der Waals surface area contributed by atoms with Crippen LogP contribution in [0.5, 0.6) is 0 Å². The number of carbonyl (C=O) groups is 3. The van der Waals surface area contributed by atoms with E-state index in [2.05, 4.69) is 34.6 Å². The Kier molecular flexibility index (Phi) is 4.88. The van der Waals surface area contributed by atoms with Gasteiger partial charge in [-0.3, -0.25) is 14.9 Å². The highest BCUT2D eigenvalue weighted by Crippen LogP contribution is 2.52. The molecule has 1 aliphatic heterocycles. The number of nitrogens with one attached hydrogen (secondary N) is 1. The number of hydrogen-bond acceptors (Lipinski definition) is 6. The van der Waals surface area contributed by atoms with E-state index in [-0.39, 0.29) is 41.3 Å². The number of piperidine rings is 1. The summed E-state index contributed by atoms with van der Waals surface area (Å²) in [6.45, 7) is 1.10. The number of fused-ring (bicyclic) bond motifs is 4. The smallest absolute Gasteiger partial charge is 0.413 e. The molecule has 2 atom stereocenters. The molecule has 2 amide bonds. The standard InChI is InChI=1S/C25H21N3O5S/c29-22(28-10-17-18(11-28)21(17)23(30)31)20-9-26-24(34-20)27-25(32)33-12-19-15-7-3-1-5-13(15)14-6-2-4-8-16(14)19/h1-9,17-19,21H,10-12H2,(H,30,31)(H,26,27,32). The van der Waals surface area contributed by atoms with Crippen LogP contribution in [0.2, 0.25) is 0 Å². The normalized spacial score (nSPS) is 22.0. The molecule has 2 aromatic carbocycles. The third-order valence-electron chi connectivity index (χ3n) is 7.04. The number of rotatable bonds is 5. The van der Waals surface area contributed by atoms with E-state index in [0.29, 0.717) is 18.0 Å². The second-order valence-corrected chi connectivity index (χ2v) is 9.91. The van der Waals surface area contributed by atoms with Gasteiger partial charge in [0.15, 0.2) is 5.13 Å². The fraction of sp³-hybridized carbons (Fsp3) is 0.280. The number of benzene rings is 2. The zero-order valence-corrected chi connectivity index (χ0v) is 18.8. The van der Waals surface area contributed by atoms with E-state index in [0.717, 1.165) is 33.6 Å². The van der Waals surface area contributed by atoms with Gasteiger partial charge in [0.05, 0.1) is 12.1 Å². The highest BCUT2D eigenvalue weighted by Gasteiger charge is 2.60. The van der Waals surface area contributed by atoms with Gasteiger partial charge in [0, 0.05) is 19.0 Å². The number of nitrogens with zero attached hydrogens (tertiary/aromatic N) is 2. The number of anilines is 1. The Morgan fingerprint density at radius 2 is 1.65 bits per heavy atom. The predicted octanol–water partition coefficient (Wildman–Crippen LogP) is 3.91. The van der Waals surface area contributed by atoms with Gasteiger partial charge < -0.3 is 14.7 Å². The molecular weight excluding hydrogens is 454 g/mol. The van der Waals surface area contributed by atoms with Gasteiger partial charge in [-0.05, 0) is 34.1 Å². The first-order chi connectivity index (χ1) is 16.5. The second kappa shape index (κ2) is 7.95. The molecule has 2 fully saturated rings. The van der Waals surface area contributed by atoms with E-state index < -0.39 is 12.1 Å². The molecule has 3 aliphatic rings. The first-order valence-electron chi connectivity index (χ1n) is 11.1. The summed E-state index contributed by atoms with van der Waals surface area (Å²) in [5.41, 5.74) is 4.58. The Labute approximate surface area is 199 Å². The summed E-state index contributed by atoms with van der Waals surface area (Å²) in [7, 11) is 0. The van der Waals surface area contributed by atoms with Crippen LogP contribution >= 0.6 is 11.3 Å². The number of ether oxygens (including phenoxy) is 1. The molecule has 34 heavy (non-hydrogen) atoms. The van der Waals surface area contributed by atoms with Crippen LogP contribution in [0.4, 0.5) is 9.93 Å². The minimum atomic E-state index is -0.783. The number of carbonyl (C=O) groups excluding carboxylic acids is 2. The van der Waals surface area contributed by atoms with Crippen LogP contribution in [0.15, 0.2) is 54.7 Å². The number of aromatic nitrogens is 1. The van der Waals surface area contributed by atoms with Crippen LogP contribution in [-0.2, 0) is 9.53 Å². The molecule has 172 valence electrons. The third kappa shape index (κ3) is 3.43. The molecule has 2 heterocycles. The average Bonchev–Trinajstić information content (AvgIpc) is 3.20. The Balaban J connectivity index is 1.06. The lowest BCUT2D eigenvalue weighted by atomic mass is 9.98. The van der Waals surface area contributed by atoms with Gasteiger partial charge >= 0.3 is 12.1 Å². The Hall–Kier alpha value is -3.72. The van der Waals surface area contributed by atoms with Crippen molar-refractivity contribution in [1.29, 1.82) is 0 Å². The lowest BCUT2D eigenvalue weighted by Crippen LogP contribution is -2.32. The van der Waals surface area contributed by atoms with Crippen LogP contribution in [0.3, 0.4) is 0 Å². The van der Waals surface area contributed by atoms with Crippen molar-refractivity contribution in [3.05, 3.63) is 70.7 Å². The molecule has 1 aromatic heterocycles. The molecule has 9 heteroatoms. The molecule has 3 aromatic rings. The summed E-state index contributed by atoms with van der Waals surface area (Å²) in [6, 6.07) is 16.2. The van der Waals surface area contributed by atoms with Gasteiger partial charge in [-0.15, -0.1) is 0 Å². The summed E-state index contributed by atoms with van der Waals surface area (Å²) < 4.78 is 5.53. The van der Waals surface area contributed by atoms with Crippen LogP contribution in [0.25, 0.3) is 11.1 Å². The number of likely N-dealkylation sites (tertiary alicyclic amines) is 1. The lowest BCUT2D eigenvalue weighted by molar-refractivity contribution is -0.139. The molecule has 8 nitrogen and oxygen atoms in total. The minimum Gasteiger partial charge on any atom is -0.481 e. The van der Waals surface area contributed by atoms with Crippen LogP contribution in [-0.4, -0.2) is 52.7 Å². The molecule has 2 unspecified atom stereocenters. The molecular formula is C25H21N3O5S.